The second-order valence-corrected chi connectivity index (χ2v) is 7.94. The summed E-state index contributed by atoms with van der Waals surface area (Å²) in [6, 6.07) is 10.2. The molecule has 0 aliphatic heterocycles. The maximum atomic E-state index is 12.6. The van der Waals surface area contributed by atoms with Gasteiger partial charge in [0.1, 0.15) is 11.4 Å². The second-order valence-electron chi connectivity index (χ2n) is 6.91. The number of hydrogen-bond donors (Lipinski definition) is 1. The second kappa shape index (κ2) is 6.70. The number of fused-ring (bicyclic) bond motifs is 2. The first-order valence-electron chi connectivity index (χ1n) is 9.12. The molecule has 27 heavy (non-hydrogen) atoms. The molecule has 3 heterocycles. The Hall–Kier alpha value is -2.86. The monoisotopic (exact) mass is 377 g/mol. The van der Waals surface area contributed by atoms with E-state index in [1.807, 2.05) is 22.2 Å². The van der Waals surface area contributed by atoms with Gasteiger partial charge < -0.3 is 9.73 Å². The Morgan fingerprint density at radius 2 is 2.15 bits per heavy atom. The fraction of sp³-hybridized carbons (Fsp3) is 0.238. The van der Waals surface area contributed by atoms with Crippen LogP contribution in [0.2, 0.25) is 0 Å². The third-order valence-corrected chi connectivity index (χ3v) is 5.95. The van der Waals surface area contributed by atoms with Crippen LogP contribution in [0.5, 0.6) is 0 Å². The van der Waals surface area contributed by atoms with Crippen LogP contribution in [0, 0.1) is 0 Å². The summed E-state index contributed by atoms with van der Waals surface area (Å²) in [6.07, 6.45) is 7.14. The summed E-state index contributed by atoms with van der Waals surface area (Å²) in [7, 11) is 0. The molecule has 5 nitrogen and oxygen atoms in total. The molecule has 1 aromatic carbocycles. The van der Waals surface area contributed by atoms with E-state index in [1.54, 1.807) is 23.8 Å². The van der Waals surface area contributed by atoms with Crippen LogP contribution in [-0.4, -0.2) is 15.7 Å². The summed E-state index contributed by atoms with van der Waals surface area (Å²) < 4.78 is 7.52. The van der Waals surface area contributed by atoms with Gasteiger partial charge in [-0.1, -0.05) is 6.07 Å². The van der Waals surface area contributed by atoms with E-state index in [4.69, 9.17) is 4.42 Å². The Bertz CT molecular complexity index is 1110. The Morgan fingerprint density at radius 1 is 1.26 bits per heavy atom. The van der Waals surface area contributed by atoms with Crippen LogP contribution in [-0.2, 0) is 30.6 Å². The first-order valence-corrected chi connectivity index (χ1v) is 10.00. The Labute approximate surface area is 160 Å². The summed E-state index contributed by atoms with van der Waals surface area (Å²) in [6.45, 7) is 0.654. The van der Waals surface area contributed by atoms with Crippen LogP contribution in [0.3, 0.4) is 0 Å². The Balaban J connectivity index is 1.33. The fourth-order valence-electron chi connectivity index (χ4n) is 3.76. The highest BCUT2D eigenvalue weighted by molar-refractivity contribution is 7.09. The highest BCUT2D eigenvalue weighted by atomic mass is 32.1. The van der Waals surface area contributed by atoms with E-state index in [0.717, 1.165) is 29.4 Å². The van der Waals surface area contributed by atoms with E-state index < -0.39 is 0 Å². The summed E-state index contributed by atoms with van der Waals surface area (Å²) in [5.74, 6) is 0.647. The first-order chi connectivity index (χ1) is 13.3. The number of furan rings is 1. The number of carbonyl (C=O) groups excluding carboxylic acids is 1. The van der Waals surface area contributed by atoms with Gasteiger partial charge in [-0.05, 0) is 54.0 Å². The topological polar surface area (TPSA) is 60.1 Å². The third-order valence-electron chi connectivity index (χ3n) is 5.09. The number of carbonyl (C=O) groups is 1. The lowest BCUT2D eigenvalue weighted by atomic mass is 10.0. The van der Waals surface area contributed by atoms with Gasteiger partial charge in [-0.2, -0.15) is 5.10 Å². The van der Waals surface area contributed by atoms with Crippen LogP contribution >= 0.6 is 11.3 Å². The molecule has 6 heteroatoms. The fourth-order valence-corrected chi connectivity index (χ4v) is 4.45. The predicted octanol–water partition coefficient (Wildman–Crippen LogP) is 4.41. The normalized spacial score (nSPS) is 13.2. The van der Waals surface area contributed by atoms with Crippen LogP contribution in [0.15, 0.2) is 52.6 Å². The molecular weight excluding hydrogens is 358 g/mol. The van der Waals surface area contributed by atoms with Crippen molar-refractivity contribution >= 4 is 34.0 Å². The molecule has 5 rings (SSSR count). The van der Waals surface area contributed by atoms with Crippen molar-refractivity contribution in [2.24, 2.45) is 0 Å². The van der Waals surface area contributed by atoms with Crippen molar-refractivity contribution in [3.05, 3.63) is 69.7 Å². The van der Waals surface area contributed by atoms with E-state index in [2.05, 4.69) is 28.6 Å². The van der Waals surface area contributed by atoms with E-state index >= 15 is 0 Å². The van der Waals surface area contributed by atoms with Gasteiger partial charge >= 0.3 is 0 Å². The number of benzene rings is 1. The number of nitrogens with one attached hydrogen (secondary N) is 1. The van der Waals surface area contributed by atoms with Crippen LogP contribution in [0.4, 0.5) is 5.82 Å². The maximum absolute atomic E-state index is 12.6. The highest BCUT2D eigenvalue weighted by Gasteiger charge is 2.17. The number of aryl methyl sites for hydroxylation is 2. The summed E-state index contributed by atoms with van der Waals surface area (Å²) in [4.78, 5) is 13.8. The minimum atomic E-state index is -0.0638. The highest BCUT2D eigenvalue weighted by Crippen LogP contribution is 2.30. The molecule has 0 atom stereocenters. The average Bonchev–Trinajstić information content (AvgIpc) is 3.43. The van der Waals surface area contributed by atoms with Gasteiger partial charge in [0.05, 0.1) is 25.4 Å². The number of thiophene rings is 1. The van der Waals surface area contributed by atoms with Gasteiger partial charge in [0.15, 0.2) is 0 Å². The van der Waals surface area contributed by atoms with Crippen molar-refractivity contribution in [1.29, 1.82) is 0 Å². The lowest BCUT2D eigenvalue weighted by Gasteiger charge is -2.08. The van der Waals surface area contributed by atoms with Gasteiger partial charge in [-0.3, -0.25) is 4.79 Å². The zero-order valence-electron chi connectivity index (χ0n) is 14.8. The average molecular weight is 377 g/mol. The number of hydrogen-bond acceptors (Lipinski definition) is 4. The van der Waals surface area contributed by atoms with E-state index in [1.165, 1.54) is 22.4 Å². The molecular formula is C21H19N3O2S. The zero-order valence-corrected chi connectivity index (χ0v) is 15.6. The predicted molar refractivity (Wildman–Crippen MR) is 106 cm³/mol. The largest absolute Gasteiger partial charge is 0.464 e. The molecule has 0 radical (unpaired) electrons. The van der Waals surface area contributed by atoms with Crippen molar-refractivity contribution in [2.45, 2.75) is 32.2 Å². The molecule has 0 fully saturated rings. The quantitative estimate of drug-likeness (QED) is 0.560. The van der Waals surface area contributed by atoms with Gasteiger partial charge in [-0.25, -0.2) is 4.68 Å². The molecule has 1 amide bonds. The van der Waals surface area contributed by atoms with Crippen LogP contribution in [0.25, 0.3) is 11.0 Å². The van der Waals surface area contributed by atoms with E-state index in [0.29, 0.717) is 12.4 Å². The van der Waals surface area contributed by atoms with Crippen LogP contribution in [0.1, 0.15) is 28.0 Å². The zero-order chi connectivity index (χ0) is 18.2. The summed E-state index contributed by atoms with van der Waals surface area (Å²) in [5, 5.41) is 10.4. The standard InChI is InChI=1S/C21H19N3O2S/c25-21(23-20-6-7-22-24(20)12-17-5-2-8-27-17)11-16-13-26-19-10-15-4-1-3-14(15)9-18(16)19/h2,5-10,13H,1,3-4,11-12H2,(H,23,25). The SMILES string of the molecule is O=C(Cc1coc2cc3c(cc12)CCC3)Nc1ccnn1Cc1cccs1. The van der Waals surface area contributed by atoms with Gasteiger partial charge in [0.2, 0.25) is 5.91 Å². The summed E-state index contributed by atoms with van der Waals surface area (Å²) in [5.41, 5.74) is 4.58. The minimum Gasteiger partial charge on any atom is -0.464 e. The van der Waals surface area contributed by atoms with Crippen molar-refractivity contribution in [2.75, 3.05) is 5.32 Å². The third kappa shape index (κ3) is 3.17. The lowest BCUT2D eigenvalue weighted by molar-refractivity contribution is -0.115. The molecule has 136 valence electrons. The van der Waals surface area contributed by atoms with Crippen molar-refractivity contribution < 1.29 is 9.21 Å². The van der Waals surface area contributed by atoms with E-state index in [9.17, 15) is 4.79 Å². The molecule has 3 aromatic heterocycles. The Morgan fingerprint density at radius 3 is 3.00 bits per heavy atom. The van der Waals surface area contributed by atoms with Crippen molar-refractivity contribution in [3.63, 3.8) is 0 Å². The number of amides is 1. The molecule has 0 saturated heterocycles. The van der Waals surface area contributed by atoms with Crippen molar-refractivity contribution in [1.82, 2.24) is 9.78 Å². The molecule has 4 aromatic rings. The Kier molecular flexibility index (Phi) is 4.05. The summed E-state index contributed by atoms with van der Waals surface area (Å²) >= 11 is 1.68. The van der Waals surface area contributed by atoms with E-state index in [-0.39, 0.29) is 12.3 Å². The van der Waals surface area contributed by atoms with Crippen LogP contribution < -0.4 is 5.32 Å². The maximum Gasteiger partial charge on any atom is 0.230 e. The molecule has 0 bridgehead atoms. The first kappa shape index (κ1) is 16.3. The minimum absolute atomic E-state index is 0.0638. The number of anilines is 1. The van der Waals surface area contributed by atoms with Gasteiger partial charge in [0.25, 0.3) is 0 Å². The molecule has 1 aliphatic rings. The molecule has 1 N–H and O–H groups in total. The number of aromatic nitrogens is 2. The number of nitrogens with zero attached hydrogens (tertiary/aromatic N) is 2. The molecule has 0 spiro atoms. The smallest absolute Gasteiger partial charge is 0.230 e. The molecule has 0 saturated carbocycles. The lowest BCUT2D eigenvalue weighted by Crippen LogP contribution is -2.17. The molecule has 1 aliphatic carbocycles. The van der Waals surface area contributed by atoms with Gasteiger partial charge in [-0.15, -0.1) is 11.3 Å². The molecule has 0 unspecified atom stereocenters. The van der Waals surface area contributed by atoms with Crippen molar-refractivity contribution in [3.8, 4) is 0 Å². The number of rotatable bonds is 5. The van der Waals surface area contributed by atoms with Gasteiger partial charge in [0, 0.05) is 21.9 Å².